The Morgan fingerprint density at radius 1 is 1.29 bits per heavy atom. The molecule has 0 unspecified atom stereocenters. The van der Waals surface area contributed by atoms with Crippen LogP contribution >= 0.6 is 11.6 Å². The van der Waals surface area contributed by atoms with Gasteiger partial charge in [-0.25, -0.2) is 4.79 Å². The topological polar surface area (TPSA) is 77.1 Å². The molecule has 112 valence electrons. The van der Waals surface area contributed by atoms with Gasteiger partial charge in [-0.05, 0) is 37.6 Å². The highest BCUT2D eigenvalue weighted by atomic mass is 35.5. The standard InChI is InChI=1S/C14H16ClN3O3/c1-2-20-14(19)13-12(16-18-17-13)10-4-6-11(7-5-10)21-9-3-8-15/h4-7H,2-3,8-9H2,1H3,(H,16,17,18). The van der Waals surface area contributed by atoms with Gasteiger partial charge in [0, 0.05) is 11.4 Å². The number of H-pyrrole nitrogens is 1. The summed E-state index contributed by atoms with van der Waals surface area (Å²) in [4.78, 5) is 11.8. The summed E-state index contributed by atoms with van der Waals surface area (Å²) in [6.07, 6.45) is 0.791. The molecule has 0 radical (unpaired) electrons. The Balaban J connectivity index is 2.12. The van der Waals surface area contributed by atoms with Crippen molar-refractivity contribution in [2.75, 3.05) is 19.1 Å². The zero-order valence-electron chi connectivity index (χ0n) is 11.6. The number of carbonyl (C=O) groups is 1. The molecule has 0 aliphatic rings. The van der Waals surface area contributed by atoms with Crippen molar-refractivity contribution >= 4 is 17.6 Å². The predicted molar refractivity (Wildman–Crippen MR) is 78.6 cm³/mol. The number of halogens is 1. The Morgan fingerprint density at radius 3 is 2.71 bits per heavy atom. The number of hydrogen-bond donors (Lipinski definition) is 1. The van der Waals surface area contributed by atoms with Crippen LogP contribution in [0.2, 0.25) is 0 Å². The third-order valence-corrected chi connectivity index (χ3v) is 2.96. The number of ether oxygens (including phenoxy) is 2. The van der Waals surface area contributed by atoms with Gasteiger partial charge >= 0.3 is 5.97 Å². The highest BCUT2D eigenvalue weighted by Gasteiger charge is 2.18. The van der Waals surface area contributed by atoms with E-state index in [4.69, 9.17) is 21.1 Å². The van der Waals surface area contributed by atoms with E-state index < -0.39 is 5.97 Å². The highest BCUT2D eigenvalue weighted by Crippen LogP contribution is 2.23. The van der Waals surface area contributed by atoms with E-state index in [1.165, 1.54) is 0 Å². The van der Waals surface area contributed by atoms with Gasteiger partial charge in [-0.1, -0.05) is 0 Å². The minimum absolute atomic E-state index is 0.174. The second-order valence-electron chi connectivity index (χ2n) is 4.16. The van der Waals surface area contributed by atoms with Crippen LogP contribution < -0.4 is 4.74 Å². The van der Waals surface area contributed by atoms with Gasteiger partial charge in [0.15, 0.2) is 5.69 Å². The minimum atomic E-state index is -0.497. The fourth-order valence-corrected chi connectivity index (χ4v) is 1.84. The molecule has 7 heteroatoms. The molecule has 0 bridgehead atoms. The van der Waals surface area contributed by atoms with Gasteiger partial charge in [0.2, 0.25) is 0 Å². The van der Waals surface area contributed by atoms with Crippen LogP contribution in [0.5, 0.6) is 5.75 Å². The van der Waals surface area contributed by atoms with Crippen LogP contribution in [0.1, 0.15) is 23.8 Å². The molecule has 0 spiro atoms. The van der Waals surface area contributed by atoms with E-state index in [0.29, 0.717) is 24.8 Å². The fourth-order valence-electron chi connectivity index (χ4n) is 1.73. The van der Waals surface area contributed by atoms with Gasteiger partial charge in [-0.15, -0.1) is 16.7 Å². The Bertz CT molecular complexity index is 583. The Hall–Kier alpha value is -2.08. The lowest BCUT2D eigenvalue weighted by Crippen LogP contribution is -2.06. The summed E-state index contributed by atoms with van der Waals surface area (Å²) in [7, 11) is 0. The molecule has 0 fully saturated rings. The number of rotatable bonds is 7. The molecule has 1 aromatic carbocycles. The molecular weight excluding hydrogens is 294 g/mol. The maximum atomic E-state index is 11.8. The number of aromatic amines is 1. The summed E-state index contributed by atoms with van der Waals surface area (Å²) < 4.78 is 10.5. The summed E-state index contributed by atoms with van der Waals surface area (Å²) >= 11 is 5.59. The lowest BCUT2D eigenvalue weighted by Gasteiger charge is -2.06. The number of benzene rings is 1. The van der Waals surface area contributed by atoms with E-state index in [-0.39, 0.29) is 5.69 Å². The average Bonchev–Trinajstić information content (AvgIpc) is 2.98. The Labute approximate surface area is 127 Å². The summed E-state index contributed by atoms with van der Waals surface area (Å²) in [5, 5.41) is 10.3. The normalized spacial score (nSPS) is 10.4. The van der Waals surface area contributed by atoms with Crippen molar-refractivity contribution in [2.24, 2.45) is 0 Å². The van der Waals surface area contributed by atoms with Crippen LogP contribution in [-0.2, 0) is 4.74 Å². The maximum absolute atomic E-state index is 11.8. The first-order valence-electron chi connectivity index (χ1n) is 6.63. The number of nitrogens with zero attached hydrogens (tertiary/aromatic N) is 2. The molecule has 21 heavy (non-hydrogen) atoms. The molecule has 6 nitrogen and oxygen atoms in total. The first-order chi connectivity index (χ1) is 10.3. The molecule has 1 N–H and O–H groups in total. The SMILES string of the molecule is CCOC(=O)c1n[nH]nc1-c1ccc(OCCCCl)cc1. The van der Waals surface area contributed by atoms with Crippen LogP contribution in [-0.4, -0.2) is 40.5 Å². The molecule has 0 atom stereocenters. The van der Waals surface area contributed by atoms with Gasteiger partial charge in [0.25, 0.3) is 0 Å². The van der Waals surface area contributed by atoms with Crippen LogP contribution in [0.25, 0.3) is 11.3 Å². The van der Waals surface area contributed by atoms with Crippen molar-refractivity contribution in [1.82, 2.24) is 15.4 Å². The predicted octanol–water partition coefficient (Wildman–Crippen LogP) is 2.66. The Kier molecular flexibility index (Phi) is 5.57. The van der Waals surface area contributed by atoms with Gasteiger partial charge in [-0.3, -0.25) is 0 Å². The Morgan fingerprint density at radius 2 is 2.05 bits per heavy atom. The maximum Gasteiger partial charge on any atom is 0.361 e. The molecule has 0 aliphatic carbocycles. The third kappa shape index (κ3) is 3.95. The fraction of sp³-hybridized carbons (Fsp3) is 0.357. The first kappa shape index (κ1) is 15.3. The second-order valence-corrected chi connectivity index (χ2v) is 4.53. The highest BCUT2D eigenvalue weighted by molar-refractivity contribution is 6.17. The molecule has 1 aromatic heterocycles. The van der Waals surface area contributed by atoms with Crippen LogP contribution in [0.3, 0.4) is 0 Å². The molecule has 1 heterocycles. The van der Waals surface area contributed by atoms with Crippen molar-refractivity contribution in [2.45, 2.75) is 13.3 Å². The number of esters is 1. The van der Waals surface area contributed by atoms with E-state index in [9.17, 15) is 4.79 Å². The van der Waals surface area contributed by atoms with Gasteiger partial charge in [0.05, 0.1) is 13.2 Å². The zero-order valence-corrected chi connectivity index (χ0v) is 12.4. The number of alkyl halides is 1. The molecule has 2 aromatic rings. The summed E-state index contributed by atoms with van der Waals surface area (Å²) in [6, 6.07) is 7.26. The first-order valence-corrected chi connectivity index (χ1v) is 7.16. The van der Waals surface area contributed by atoms with Gasteiger partial charge in [0.1, 0.15) is 11.4 Å². The lowest BCUT2D eigenvalue weighted by atomic mass is 10.1. The van der Waals surface area contributed by atoms with Crippen LogP contribution in [0, 0.1) is 0 Å². The van der Waals surface area contributed by atoms with E-state index in [2.05, 4.69) is 15.4 Å². The van der Waals surface area contributed by atoms with Crippen molar-refractivity contribution < 1.29 is 14.3 Å². The number of carbonyl (C=O) groups excluding carboxylic acids is 1. The van der Waals surface area contributed by atoms with E-state index in [0.717, 1.165) is 17.7 Å². The molecule has 2 rings (SSSR count). The number of nitrogens with one attached hydrogen (secondary N) is 1. The van der Waals surface area contributed by atoms with Crippen molar-refractivity contribution in [3.63, 3.8) is 0 Å². The molecular formula is C14H16ClN3O3. The summed E-state index contributed by atoms with van der Waals surface area (Å²) in [6.45, 7) is 2.60. The van der Waals surface area contributed by atoms with Crippen LogP contribution in [0.15, 0.2) is 24.3 Å². The minimum Gasteiger partial charge on any atom is -0.494 e. The lowest BCUT2D eigenvalue weighted by molar-refractivity contribution is 0.0520. The average molecular weight is 310 g/mol. The molecule has 0 amide bonds. The van der Waals surface area contributed by atoms with Gasteiger partial charge in [-0.2, -0.15) is 10.3 Å². The molecule has 0 saturated heterocycles. The molecule has 0 aliphatic heterocycles. The summed E-state index contributed by atoms with van der Waals surface area (Å²) in [5.41, 5.74) is 1.39. The quantitative estimate of drug-likeness (QED) is 0.483. The largest absolute Gasteiger partial charge is 0.494 e. The van der Waals surface area contributed by atoms with E-state index >= 15 is 0 Å². The smallest absolute Gasteiger partial charge is 0.361 e. The summed E-state index contributed by atoms with van der Waals surface area (Å²) in [5.74, 6) is 0.814. The third-order valence-electron chi connectivity index (χ3n) is 2.69. The van der Waals surface area contributed by atoms with E-state index in [1.54, 1.807) is 6.92 Å². The number of hydrogen-bond acceptors (Lipinski definition) is 5. The van der Waals surface area contributed by atoms with Crippen molar-refractivity contribution in [3.05, 3.63) is 30.0 Å². The van der Waals surface area contributed by atoms with Crippen molar-refractivity contribution in [3.8, 4) is 17.0 Å². The van der Waals surface area contributed by atoms with Crippen molar-refractivity contribution in [1.29, 1.82) is 0 Å². The monoisotopic (exact) mass is 309 g/mol. The van der Waals surface area contributed by atoms with Crippen LogP contribution in [0.4, 0.5) is 0 Å². The van der Waals surface area contributed by atoms with Gasteiger partial charge < -0.3 is 9.47 Å². The zero-order chi connectivity index (χ0) is 15.1. The molecule has 0 saturated carbocycles. The number of aromatic nitrogens is 3. The second kappa shape index (κ2) is 7.64. The van der Waals surface area contributed by atoms with E-state index in [1.807, 2.05) is 24.3 Å².